The normalized spacial score (nSPS) is 10.0. The van der Waals surface area contributed by atoms with Gasteiger partial charge in [-0.05, 0) is 10.9 Å². The maximum atomic E-state index is 8.61. The lowest BCUT2D eigenvalue weighted by Gasteiger charge is -2.03. The van der Waals surface area contributed by atoms with Crippen LogP contribution in [0.3, 0.4) is 0 Å². The Hall–Kier alpha value is -1.52. The van der Waals surface area contributed by atoms with Crippen molar-refractivity contribution in [3.63, 3.8) is 0 Å². The largest absolute Gasteiger partial charge is 0.198 e. The van der Waals surface area contributed by atoms with E-state index in [9.17, 15) is 0 Å². The molecule has 0 saturated carbocycles. The molecule has 2 aromatic rings. The summed E-state index contributed by atoms with van der Waals surface area (Å²) in [5.41, 5.74) is 0.896. The van der Waals surface area contributed by atoms with Crippen molar-refractivity contribution in [1.29, 1.82) is 5.26 Å². The van der Waals surface area contributed by atoms with Gasteiger partial charge in [0.2, 0.25) is 0 Å². The van der Waals surface area contributed by atoms with Gasteiger partial charge in [0.25, 0.3) is 0 Å². The first-order valence-electron chi connectivity index (χ1n) is 4.36. The van der Waals surface area contributed by atoms with Crippen LogP contribution in [0.25, 0.3) is 10.8 Å². The van der Waals surface area contributed by atoms with Crippen molar-refractivity contribution < 1.29 is 0 Å². The summed E-state index contributed by atoms with van der Waals surface area (Å²) in [6.45, 7) is 0. The number of fused-ring (bicyclic) bond motifs is 1. The molecular weight excluding hydrogens is 194 g/mol. The number of hydrogen-bond acceptors (Lipinski definition) is 1. The van der Waals surface area contributed by atoms with E-state index in [1.807, 2.05) is 36.4 Å². The lowest BCUT2D eigenvalue weighted by molar-refractivity contribution is 1.27. The summed E-state index contributed by atoms with van der Waals surface area (Å²) < 4.78 is 0. The van der Waals surface area contributed by atoms with E-state index in [0.717, 1.165) is 16.3 Å². The van der Waals surface area contributed by atoms with Crippen LogP contribution in [-0.2, 0) is 6.42 Å². The van der Waals surface area contributed by atoms with Gasteiger partial charge in [-0.15, -0.1) is 0 Å². The summed E-state index contributed by atoms with van der Waals surface area (Å²) in [6.07, 6.45) is 0.365. The quantitative estimate of drug-likeness (QED) is 0.692. The molecule has 2 heteroatoms. The van der Waals surface area contributed by atoms with Crippen molar-refractivity contribution in [1.82, 2.24) is 0 Å². The Bertz CT molecular complexity index is 511. The molecule has 0 unspecified atom stereocenters. The van der Waals surface area contributed by atoms with Crippen molar-refractivity contribution in [2.75, 3.05) is 0 Å². The molecule has 2 rings (SSSR count). The van der Waals surface area contributed by atoms with Gasteiger partial charge in [-0.2, -0.15) is 5.26 Å². The van der Waals surface area contributed by atoms with Crippen LogP contribution in [0.4, 0.5) is 0 Å². The highest BCUT2D eigenvalue weighted by atomic mass is 35.5. The topological polar surface area (TPSA) is 23.8 Å². The van der Waals surface area contributed by atoms with Crippen molar-refractivity contribution >= 4 is 22.4 Å². The van der Waals surface area contributed by atoms with Gasteiger partial charge in [-0.1, -0.05) is 48.0 Å². The number of hydrogen-bond donors (Lipinski definition) is 0. The summed E-state index contributed by atoms with van der Waals surface area (Å²) in [5.74, 6) is 0. The molecule has 0 bridgehead atoms. The Morgan fingerprint density at radius 3 is 2.71 bits per heavy atom. The molecule has 0 spiro atoms. The van der Waals surface area contributed by atoms with Crippen molar-refractivity contribution in [2.45, 2.75) is 6.42 Å². The van der Waals surface area contributed by atoms with Crippen LogP contribution in [0.2, 0.25) is 5.02 Å². The number of rotatable bonds is 1. The molecule has 1 nitrogen and oxygen atoms in total. The highest BCUT2D eigenvalue weighted by molar-refractivity contribution is 6.36. The fourth-order valence-corrected chi connectivity index (χ4v) is 1.80. The Balaban J connectivity index is 2.70. The van der Waals surface area contributed by atoms with Crippen LogP contribution in [0.1, 0.15) is 5.56 Å². The third-order valence-electron chi connectivity index (χ3n) is 2.21. The van der Waals surface area contributed by atoms with Crippen LogP contribution >= 0.6 is 11.6 Å². The predicted octanol–water partition coefficient (Wildman–Crippen LogP) is 3.56. The zero-order valence-corrected chi connectivity index (χ0v) is 8.25. The summed E-state index contributed by atoms with van der Waals surface area (Å²) >= 11 is 6.17. The molecule has 0 aliphatic carbocycles. The molecule has 0 aromatic heterocycles. The van der Waals surface area contributed by atoms with Gasteiger partial charge in [0.05, 0.1) is 17.5 Å². The standard InChI is InChI=1S/C12H8ClN/c13-12-10(7-8-14)6-5-9-3-1-2-4-11(9)12/h1-6H,7H2. The summed E-state index contributed by atoms with van der Waals surface area (Å²) in [4.78, 5) is 0. The third kappa shape index (κ3) is 1.45. The van der Waals surface area contributed by atoms with E-state index in [1.165, 1.54) is 0 Å². The summed E-state index contributed by atoms with van der Waals surface area (Å²) in [6, 6.07) is 13.9. The zero-order chi connectivity index (χ0) is 9.97. The lowest BCUT2D eigenvalue weighted by Crippen LogP contribution is -1.84. The van der Waals surface area contributed by atoms with Gasteiger partial charge in [0.1, 0.15) is 0 Å². The minimum absolute atomic E-state index is 0.365. The number of halogens is 1. The Morgan fingerprint density at radius 1 is 1.14 bits per heavy atom. The highest BCUT2D eigenvalue weighted by Crippen LogP contribution is 2.27. The third-order valence-corrected chi connectivity index (χ3v) is 2.66. The van der Waals surface area contributed by atoms with Crippen molar-refractivity contribution in [2.24, 2.45) is 0 Å². The van der Waals surface area contributed by atoms with E-state index in [4.69, 9.17) is 16.9 Å². The fraction of sp³-hybridized carbons (Fsp3) is 0.0833. The monoisotopic (exact) mass is 201 g/mol. The van der Waals surface area contributed by atoms with E-state index < -0.39 is 0 Å². The maximum Gasteiger partial charge on any atom is 0.0670 e. The molecule has 0 N–H and O–H groups in total. The molecule has 0 amide bonds. The van der Waals surface area contributed by atoms with E-state index in [-0.39, 0.29) is 0 Å². The fourth-order valence-electron chi connectivity index (χ4n) is 1.50. The molecule has 0 saturated heterocycles. The van der Waals surface area contributed by atoms with Crippen LogP contribution in [0.15, 0.2) is 36.4 Å². The Kier molecular flexibility index (Phi) is 2.39. The van der Waals surface area contributed by atoms with E-state index >= 15 is 0 Å². The second-order valence-electron chi connectivity index (χ2n) is 3.09. The minimum atomic E-state index is 0.365. The molecular formula is C12H8ClN. The number of nitriles is 1. The van der Waals surface area contributed by atoms with E-state index in [2.05, 4.69) is 6.07 Å². The van der Waals surface area contributed by atoms with Gasteiger partial charge in [-0.25, -0.2) is 0 Å². The Labute approximate surface area is 87.5 Å². The van der Waals surface area contributed by atoms with Crippen molar-refractivity contribution in [3.05, 3.63) is 47.0 Å². The Morgan fingerprint density at radius 2 is 1.93 bits per heavy atom. The minimum Gasteiger partial charge on any atom is -0.198 e. The molecule has 0 atom stereocenters. The van der Waals surface area contributed by atoms with Gasteiger partial charge in [0, 0.05) is 5.39 Å². The van der Waals surface area contributed by atoms with Crippen molar-refractivity contribution in [3.8, 4) is 6.07 Å². The van der Waals surface area contributed by atoms with Gasteiger partial charge in [0.15, 0.2) is 0 Å². The van der Waals surface area contributed by atoms with Gasteiger partial charge in [-0.3, -0.25) is 0 Å². The summed E-state index contributed by atoms with van der Waals surface area (Å²) in [7, 11) is 0. The average molecular weight is 202 g/mol. The number of benzene rings is 2. The smallest absolute Gasteiger partial charge is 0.0670 e. The molecule has 0 radical (unpaired) electrons. The van der Waals surface area contributed by atoms with E-state index in [1.54, 1.807) is 0 Å². The van der Waals surface area contributed by atoms with Gasteiger partial charge < -0.3 is 0 Å². The molecule has 2 aromatic carbocycles. The second kappa shape index (κ2) is 3.69. The summed E-state index contributed by atoms with van der Waals surface area (Å²) in [5, 5.41) is 11.4. The molecule has 0 aliphatic rings. The van der Waals surface area contributed by atoms with Crippen LogP contribution in [0.5, 0.6) is 0 Å². The van der Waals surface area contributed by atoms with Crippen LogP contribution < -0.4 is 0 Å². The lowest BCUT2D eigenvalue weighted by atomic mass is 10.1. The first-order chi connectivity index (χ1) is 6.83. The average Bonchev–Trinajstić information content (AvgIpc) is 2.23. The predicted molar refractivity (Wildman–Crippen MR) is 58.3 cm³/mol. The highest BCUT2D eigenvalue weighted by Gasteiger charge is 2.03. The van der Waals surface area contributed by atoms with E-state index in [0.29, 0.717) is 11.4 Å². The molecule has 68 valence electrons. The SMILES string of the molecule is N#CCc1ccc2ccccc2c1Cl. The molecule has 0 heterocycles. The molecule has 0 fully saturated rings. The van der Waals surface area contributed by atoms with Gasteiger partial charge >= 0.3 is 0 Å². The first kappa shape index (κ1) is 9.05. The maximum absolute atomic E-state index is 8.61. The van der Waals surface area contributed by atoms with Crippen LogP contribution in [-0.4, -0.2) is 0 Å². The molecule has 0 aliphatic heterocycles. The molecule has 14 heavy (non-hydrogen) atoms. The first-order valence-corrected chi connectivity index (χ1v) is 4.74. The van der Waals surface area contributed by atoms with Crippen LogP contribution in [0, 0.1) is 11.3 Å². The number of nitrogens with zero attached hydrogens (tertiary/aromatic N) is 1. The second-order valence-corrected chi connectivity index (χ2v) is 3.47. The zero-order valence-electron chi connectivity index (χ0n) is 7.50.